The molecule has 4 rings (SSSR count). The highest BCUT2D eigenvalue weighted by atomic mass is 32.1. The Morgan fingerprint density at radius 3 is 2.50 bits per heavy atom. The molecule has 0 N–H and O–H groups in total. The van der Waals surface area contributed by atoms with Crippen LogP contribution in [-0.2, 0) is 14.3 Å². The molecule has 0 fully saturated rings. The molecule has 3 aromatic rings. The maximum atomic E-state index is 14.0. The molecule has 2 aromatic carbocycles. The van der Waals surface area contributed by atoms with Crippen LogP contribution in [0.25, 0.3) is 6.08 Å². The number of carbonyl (C=O) groups excluding carboxylic acids is 1. The summed E-state index contributed by atoms with van der Waals surface area (Å²) < 4.78 is 34.8. The molecule has 212 valence electrons. The first-order valence-corrected chi connectivity index (χ1v) is 13.4. The number of aromatic nitrogens is 1. The molecule has 1 aliphatic rings. The number of thiazole rings is 1. The second-order valence-electron chi connectivity index (χ2n) is 8.63. The van der Waals surface area contributed by atoms with Crippen LogP contribution in [0.3, 0.4) is 0 Å². The molecule has 0 saturated carbocycles. The van der Waals surface area contributed by atoms with E-state index in [1.54, 1.807) is 51.5 Å². The summed E-state index contributed by atoms with van der Waals surface area (Å²) in [5.41, 5.74) is 1.60. The van der Waals surface area contributed by atoms with Crippen molar-refractivity contribution in [2.45, 2.75) is 19.9 Å². The monoisotopic (exact) mass is 568 g/mol. The van der Waals surface area contributed by atoms with Crippen molar-refractivity contribution in [3.05, 3.63) is 78.5 Å². The number of hydrogen-bond donors (Lipinski definition) is 0. The largest absolute Gasteiger partial charge is 0.497 e. The van der Waals surface area contributed by atoms with Crippen molar-refractivity contribution in [2.75, 3.05) is 48.3 Å². The summed E-state index contributed by atoms with van der Waals surface area (Å²) >= 11 is 1.22. The van der Waals surface area contributed by atoms with Gasteiger partial charge in [-0.05, 0) is 38.1 Å². The Bertz CT molecular complexity index is 1600. The topological polar surface area (TPSA) is 107 Å². The first-order chi connectivity index (χ1) is 19.4. The average Bonchev–Trinajstić information content (AvgIpc) is 3.26. The minimum Gasteiger partial charge on any atom is -0.497 e. The number of fused-ring (bicyclic) bond motifs is 1. The molecular weight excluding hydrogens is 536 g/mol. The van der Waals surface area contributed by atoms with E-state index in [0.717, 1.165) is 0 Å². The number of esters is 1. The number of carbonyl (C=O) groups is 1. The third-order valence-electron chi connectivity index (χ3n) is 6.30. The number of ether oxygens (including phenoxy) is 6. The standard InChI is InChI=1S/C29H32N2O8S/c1-7-38-26-20(9-8-10-21(26)36-5)25-24(28(33)39-14-13-34-3)17(2)30-29-31(25)27(32)23(40-29)15-18-11-12-19(35-4)16-22(18)37-6/h8-12,15-16,25H,7,13-14H2,1-6H3/b23-15+/t25-/m0/s1. The lowest BCUT2D eigenvalue weighted by molar-refractivity contribution is -0.140. The number of hydrogen-bond acceptors (Lipinski definition) is 10. The summed E-state index contributed by atoms with van der Waals surface area (Å²) in [6, 6.07) is 9.84. The lowest BCUT2D eigenvalue weighted by Crippen LogP contribution is -2.40. The summed E-state index contributed by atoms with van der Waals surface area (Å²) in [6.07, 6.45) is 1.74. The van der Waals surface area contributed by atoms with Crippen LogP contribution in [0.5, 0.6) is 23.0 Å². The molecular formula is C29H32N2O8S. The molecule has 0 amide bonds. The number of allylic oxidation sites excluding steroid dienone is 1. The molecule has 40 heavy (non-hydrogen) atoms. The van der Waals surface area contributed by atoms with Gasteiger partial charge >= 0.3 is 5.97 Å². The van der Waals surface area contributed by atoms with Gasteiger partial charge in [-0.1, -0.05) is 23.5 Å². The average molecular weight is 569 g/mol. The Hall–Kier alpha value is -4.09. The fourth-order valence-electron chi connectivity index (χ4n) is 4.46. The number of para-hydroxylation sites is 1. The van der Waals surface area contributed by atoms with Gasteiger partial charge in [0.1, 0.15) is 24.1 Å². The SMILES string of the molecule is CCOc1c(OC)cccc1[C@H]1C(C(=O)OCCOC)=C(C)N=c2s/c(=C/c3ccc(OC)cc3OC)c(=O)n21. The van der Waals surface area contributed by atoms with E-state index in [2.05, 4.69) is 4.99 Å². The highest BCUT2D eigenvalue weighted by Gasteiger charge is 2.36. The summed E-state index contributed by atoms with van der Waals surface area (Å²) in [6.45, 7) is 4.21. The van der Waals surface area contributed by atoms with Crippen molar-refractivity contribution in [3.63, 3.8) is 0 Å². The van der Waals surface area contributed by atoms with Gasteiger partial charge in [0, 0.05) is 24.3 Å². The Morgan fingerprint density at radius 1 is 1.05 bits per heavy atom. The predicted molar refractivity (Wildman–Crippen MR) is 150 cm³/mol. The van der Waals surface area contributed by atoms with Crippen LogP contribution >= 0.6 is 11.3 Å². The fraction of sp³-hybridized carbons (Fsp3) is 0.345. The molecule has 1 aliphatic heterocycles. The van der Waals surface area contributed by atoms with Gasteiger partial charge in [-0.15, -0.1) is 0 Å². The lowest BCUT2D eigenvalue weighted by atomic mass is 9.94. The van der Waals surface area contributed by atoms with Gasteiger partial charge in [0.2, 0.25) is 0 Å². The van der Waals surface area contributed by atoms with Gasteiger partial charge in [0.25, 0.3) is 5.56 Å². The smallest absolute Gasteiger partial charge is 0.338 e. The van der Waals surface area contributed by atoms with Crippen LogP contribution in [0.4, 0.5) is 0 Å². The first-order valence-electron chi connectivity index (χ1n) is 12.6. The molecule has 1 aromatic heterocycles. The van der Waals surface area contributed by atoms with Crippen molar-refractivity contribution in [1.82, 2.24) is 4.57 Å². The number of rotatable bonds is 11. The Kier molecular flexibility index (Phi) is 9.28. The van der Waals surface area contributed by atoms with Crippen LogP contribution in [-0.4, -0.2) is 58.8 Å². The van der Waals surface area contributed by atoms with Crippen molar-refractivity contribution in [3.8, 4) is 23.0 Å². The van der Waals surface area contributed by atoms with E-state index >= 15 is 0 Å². The lowest BCUT2D eigenvalue weighted by Gasteiger charge is -2.27. The summed E-state index contributed by atoms with van der Waals surface area (Å²) in [4.78, 5) is 32.6. The number of benzene rings is 2. The van der Waals surface area contributed by atoms with Crippen LogP contribution in [0.1, 0.15) is 31.0 Å². The highest BCUT2D eigenvalue weighted by molar-refractivity contribution is 7.07. The van der Waals surface area contributed by atoms with E-state index in [1.807, 2.05) is 19.1 Å². The van der Waals surface area contributed by atoms with Crippen LogP contribution in [0, 0.1) is 0 Å². The third kappa shape index (κ3) is 5.61. The normalized spacial score (nSPS) is 14.8. The van der Waals surface area contributed by atoms with E-state index in [-0.39, 0.29) is 24.3 Å². The number of nitrogens with zero attached hydrogens (tertiary/aromatic N) is 2. The third-order valence-corrected chi connectivity index (χ3v) is 7.28. The van der Waals surface area contributed by atoms with Crippen LogP contribution in [0.15, 0.2) is 57.5 Å². The van der Waals surface area contributed by atoms with Gasteiger partial charge < -0.3 is 28.4 Å². The summed E-state index contributed by atoms with van der Waals surface area (Å²) in [7, 11) is 6.18. The zero-order valence-corrected chi connectivity index (χ0v) is 24.1. The van der Waals surface area contributed by atoms with Gasteiger partial charge in [-0.3, -0.25) is 9.36 Å². The van der Waals surface area contributed by atoms with Crippen molar-refractivity contribution >= 4 is 23.4 Å². The Balaban J connectivity index is 1.97. The van der Waals surface area contributed by atoms with E-state index in [1.165, 1.54) is 30.1 Å². The van der Waals surface area contributed by atoms with Gasteiger partial charge in [0.15, 0.2) is 16.3 Å². The molecule has 1 atom stereocenters. The minimum atomic E-state index is -0.872. The van der Waals surface area contributed by atoms with Gasteiger partial charge in [0.05, 0.1) is 50.3 Å². The fourth-order valence-corrected chi connectivity index (χ4v) is 5.50. The molecule has 0 unspecified atom stereocenters. The van der Waals surface area contributed by atoms with Crippen molar-refractivity contribution in [1.29, 1.82) is 0 Å². The predicted octanol–water partition coefficient (Wildman–Crippen LogP) is 2.85. The van der Waals surface area contributed by atoms with E-state index in [4.69, 9.17) is 28.4 Å². The van der Waals surface area contributed by atoms with Crippen LogP contribution < -0.4 is 33.8 Å². The number of methoxy groups -OCH3 is 4. The molecule has 0 aliphatic carbocycles. The summed E-state index contributed by atoms with van der Waals surface area (Å²) in [5.74, 6) is 1.49. The Labute approximate surface area is 235 Å². The highest BCUT2D eigenvalue weighted by Crippen LogP contribution is 2.40. The first kappa shape index (κ1) is 28.9. The minimum absolute atomic E-state index is 0.0525. The van der Waals surface area contributed by atoms with Crippen LogP contribution in [0.2, 0.25) is 0 Å². The Morgan fingerprint density at radius 2 is 1.82 bits per heavy atom. The maximum absolute atomic E-state index is 14.0. The molecule has 0 saturated heterocycles. The second-order valence-corrected chi connectivity index (χ2v) is 9.64. The van der Waals surface area contributed by atoms with Gasteiger partial charge in [-0.2, -0.15) is 0 Å². The zero-order valence-electron chi connectivity index (χ0n) is 23.3. The van der Waals surface area contributed by atoms with Crippen molar-refractivity contribution in [2.24, 2.45) is 4.99 Å². The molecule has 0 radical (unpaired) electrons. The van der Waals surface area contributed by atoms with Gasteiger partial charge in [-0.25, -0.2) is 9.79 Å². The zero-order chi connectivity index (χ0) is 28.8. The maximum Gasteiger partial charge on any atom is 0.338 e. The van der Waals surface area contributed by atoms with Crippen molar-refractivity contribution < 1.29 is 33.2 Å². The second kappa shape index (κ2) is 12.8. The van der Waals surface area contributed by atoms with E-state index < -0.39 is 12.0 Å². The summed E-state index contributed by atoms with van der Waals surface area (Å²) in [5, 5.41) is 0. The molecule has 11 heteroatoms. The molecule has 2 heterocycles. The van der Waals surface area contributed by atoms with E-state index in [0.29, 0.717) is 55.8 Å². The molecule has 10 nitrogen and oxygen atoms in total. The quantitative estimate of drug-likeness (QED) is 0.257. The molecule has 0 bridgehead atoms. The van der Waals surface area contributed by atoms with E-state index in [9.17, 15) is 9.59 Å². The molecule has 0 spiro atoms.